The van der Waals surface area contributed by atoms with Crippen molar-refractivity contribution in [1.29, 1.82) is 0 Å². The van der Waals surface area contributed by atoms with E-state index < -0.39 is 17.8 Å². The van der Waals surface area contributed by atoms with Crippen LogP contribution in [-0.2, 0) is 4.79 Å². The Kier molecular flexibility index (Phi) is 8.75. The molecule has 9 nitrogen and oxygen atoms in total. The normalized spacial score (nSPS) is 11.0. The lowest BCUT2D eigenvalue weighted by molar-refractivity contribution is -0.132. The van der Waals surface area contributed by atoms with Crippen LogP contribution in [0.2, 0.25) is 10.0 Å². The molecule has 0 radical (unpaired) electrons. The first-order valence-electron chi connectivity index (χ1n) is 12.8. The van der Waals surface area contributed by atoms with Crippen molar-refractivity contribution >= 4 is 58.2 Å². The second-order valence-electron chi connectivity index (χ2n) is 9.10. The van der Waals surface area contributed by atoms with Gasteiger partial charge in [-0.15, -0.1) is 0 Å². The maximum absolute atomic E-state index is 13.4. The van der Waals surface area contributed by atoms with Gasteiger partial charge in [0.25, 0.3) is 5.91 Å². The van der Waals surface area contributed by atoms with Gasteiger partial charge in [0.05, 0.1) is 29.4 Å². The number of aromatic nitrogens is 1. The third-order valence-corrected chi connectivity index (χ3v) is 6.94. The average molecular weight is 616 g/mol. The Morgan fingerprint density at radius 3 is 2.35 bits per heavy atom. The van der Waals surface area contributed by atoms with Gasteiger partial charge in [0.2, 0.25) is 0 Å². The zero-order chi connectivity index (χ0) is 30.5. The molecule has 43 heavy (non-hydrogen) atoms. The minimum Gasteiger partial charge on any atom is -0.493 e. The van der Waals surface area contributed by atoms with Crippen LogP contribution in [0.15, 0.2) is 90.0 Å². The van der Waals surface area contributed by atoms with Crippen LogP contribution in [0.25, 0.3) is 22.0 Å². The second-order valence-corrected chi connectivity index (χ2v) is 9.92. The molecule has 4 aromatic carbocycles. The zero-order valence-corrected chi connectivity index (χ0v) is 24.3. The highest BCUT2D eigenvalue weighted by Crippen LogP contribution is 2.38. The van der Waals surface area contributed by atoms with Gasteiger partial charge >= 0.3 is 11.9 Å². The maximum Gasteiger partial charge on any atom is 0.343 e. The van der Waals surface area contributed by atoms with Crippen molar-refractivity contribution < 1.29 is 28.6 Å². The van der Waals surface area contributed by atoms with Crippen LogP contribution in [0.1, 0.15) is 33.3 Å². The monoisotopic (exact) mass is 615 g/mol. The van der Waals surface area contributed by atoms with Gasteiger partial charge in [0.1, 0.15) is 11.4 Å². The van der Waals surface area contributed by atoms with Crippen molar-refractivity contribution in [2.45, 2.75) is 6.92 Å². The Hall–Kier alpha value is -5.12. The molecule has 0 saturated carbocycles. The van der Waals surface area contributed by atoms with Gasteiger partial charge in [-0.2, -0.15) is 5.10 Å². The molecule has 5 aromatic rings. The number of benzene rings is 4. The Bertz CT molecular complexity index is 1900. The number of rotatable bonds is 8. The zero-order valence-electron chi connectivity index (χ0n) is 22.8. The van der Waals surface area contributed by atoms with Crippen molar-refractivity contribution in [3.8, 4) is 28.4 Å². The van der Waals surface area contributed by atoms with Crippen molar-refractivity contribution in [1.82, 2.24) is 10.4 Å². The fraction of sp³-hybridized carbons (Fsp3) is 0.0625. The number of amides is 1. The highest BCUT2D eigenvalue weighted by Gasteiger charge is 2.22. The second kappa shape index (κ2) is 12.8. The van der Waals surface area contributed by atoms with E-state index in [1.165, 1.54) is 38.4 Å². The molecule has 1 amide bonds. The first-order valence-corrected chi connectivity index (χ1v) is 13.6. The number of aromatic amines is 1. The van der Waals surface area contributed by atoms with Crippen LogP contribution in [0.3, 0.4) is 0 Å². The summed E-state index contributed by atoms with van der Waals surface area (Å²) in [5.41, 5.74) is 5.15. The summed E-state index contributed by atoms with van der Waals surface area (Å²) < 4.78 is 15.9. The van der Waals surface area contributed by atoms with Crippen LogP contribution in [-0.4, -0.2) is 36.2 Å². The number of hydrazone groups is 1. The van der Waals surface area contributed by atoms with Crippen molar-refractivity contribution in [3.63, 3.8) is 0 Å². The fourth-order valence-corrected chi connectivity index (χ4v) is 4.84. The highest BCUT2D eigenvalue weighted by atomic mass is 35.5. The van der Waals surface area contributed by atoms with E-state index in [1.807, 2.05) is 18.2 Å². The molecule has 0 saturated heterocycles. The van der Waals surface area contributed by atoms with Gasteiger partial charge in [-0.3, -0.25) is 9.59 Å². The molecule has 0 unspecified atom stereocenters. The van der Waals surface area contributed by atoms with Gasteiger partial charge < -0.3 is 19.2 Å². The van der Waals surface area contributed by atoms with E-state index in [-0.39, 0.29) is 28.5 Å². The summed E-state index contributed by atoms with van der Waals surface area (Å²) in [6, 6.07) is 23.5. The van der Waals surface area contributed by atoms with Gasteiger partial charge in [-0.1, -0.05) is 65.7 Å². The van der Waals surface area contributed by atoms with E-state index in [4.69, 9.17) is 37.4 Å². The van der Waals surface area contributed by atoms with Gasteiger partial charge in [-0.05, 0) is 42.5 Å². The van der Waals surface area contributed by atoms with E-state index >= 15 is 0 Å². The number of hydrogen-bond donors (Lipinski definition) is 2. The first-order chi connectivity index (χ1) is 20.8. The van der Waals surface area contributed by atoms with Crippen LogP contribution in [0.4, 0.5) is 0 Å². The summed E-state index contributed by atoms with van der Waals surface area (Å²) in [6.07, 6.45) is 1.36. The lowest BCUT2D eigenvalue weighted by atomic mass is 10.0. The molecule has 0 aliphatic rings. The lowest BCUT2D eigenvalue weighted by Gasteiger charge is -2.11. The smallest absolute Gasteiger partial charge is 0.343 e. The van der Waals surface area contributed by atoms with E-state index in [1.54, 1.807) is 48.5 Å². The summed E-state index contributed by atoms with van der Waals surface area (Å²) in [6.45, 7) is 1.26. The van der Waals surface area contributed by atoms with Crippen molar-refractivity contribution in [2.75, 3.05) is 7.11 Å². The molecule has 11 heteroatoms. The number of hydrogen-bond acceptors (Lipinski definition) is 7. The molecule has 2 N–H and O–H groups in total. The van der Waals surface area contributed by atoms with Crippen molar-refractivity contribution in [3.05, 3.63) is 112 Å². The standard InChI is InChI=1S/C32H23Cl2N3O6/c1-18(38)42-26-15-14-19(16-27(26)41-2)32(40)43-25-13-6-3-8-20(25)17-35-37-31(39)30-28(21-9-4-5-11-23(21)33)22-10-7-12-24(34)29(22)36-30/h3-17,36H,1-2H3,(H,37,39). The molecule has 0 aliphatic heterocycles. The largest absolute Gasteiger partial charge is 0.493 e. The minimum absolute atomic E-state index is 0.164. The maximum atomic E-state index is 13.4. The molecule has 216 valence electrons. The lowest BCUT2D eigenvalue weighted by Crippen LogP contribution is -2.19. The summed E-state index contributed by atoms with van der Waals surface area (Å²) in [4.78, 5) is 40.7. The van der Waals surface area contributed by atoms with E-state index in [2.05, 4.69) is 15.5 Å². The number of nitrogens with zero attached hydrogens (tertiary/aromatic N) is 1. The summed E-state index contributed by atoms with van der Waals surface area (Å²) in [7, 11) is 1.39. The first kappa shape index (κ1) is 29.4. The van der Waals surface area contributed by atoms with Gasteiger partial charge in [-0.25, -0.2) is 10.2 Å². The number of para-hydroxylation sites is 2. The third-order valence-electron chi connectivity index (χ3n) is 6.30. The number of esters is 2. The van der Waals surface area contributed by atoms with Crippen LogP contribution < -0.4 is 19.6 Å². The van der Waals surface area contributed by atoms with Crippen LogP contribution in [0, 0.1) is 0 Å². The molecule has 1 heterocycles. The number of methoxy groups -OCH3 is 1. The SMILES string of the molecule is COc1cc(C(=O)Oc2ccccc2C=NNC(=O)c2[nH]c3c(Cl)cccc3c2-c2ccccc2Cl)ccc1OC(C)=O. The van der Waals surface area contributed by atoms with E-state index in [0.717, 1.165) is 5.39 Å². The number of nitrogens with one attached hydrogen (secondary N) is 2. The summed E-state index contributed by atoms with van der Waals surface area (Å²) >= 11 is 12.9. The number of H-pyrrole nitrogens is 1. The Labute approximate surface area is 256 Å². The van der Waals surface area contributed by atoms with Crippen LogP contribution >= 0.6 is 23.2 Å². The van der Waals surface area contributed by atoms with Gasteiger partial charge in [0.15, 0.2) is 11.5 Å². The van der Waals surface area contributed by atoms with Crippen LogP contribution in [0.5, 0.6) is 17.2 Å². The quantitative estimate of drug-likeness (QED) is 0.0834. The average Bonchev–Trinajstić information content (AvgIpc) is 3.39. The highest BCUT2D eigenvalue weighted by molar-refractivity contribution is 6.37. The van der Waals surface area contributed by atoms with E-state index in [0.29, 0.717) is 32.3 Å². The van der Waals surface area contributed by atoms with E-state index in [9.17, 15) is 14.4 Å². The number of ether oxygens (including phenoxy) is 3. The molecular weight excluding hydrogens is 593 g/mol. The van der Waals surface area contributed by atoms with Gasteiger partial charge in [0, 0.05) is 34.0 Å². The predicted molar refractivity (Wildman–Crippen MR) is 165 cm³/mol. The topological polar surface area (TPSA) is 119 Å². The molecule has 0 atom stereocenters. The molecule has 0 aliphatic carbocycles. The molecular formula is C32H23Cl2N3O6. The molecule has 5 rings (SSSR count). The fourth-order valence-electron chi connectivity index (χ4n) is 4.38. The molecule has 1 aromatic heterocycles. The Morgan fingerprint density at radius 1 is 0.837 bits per heavy atom. The molecule has 0 fully saturated rings. The molecule has 0 bridgehead atoms. The predicted octanol–water partition coefficient (Wildman–Crippen LogP) is 7.06. The molecule has 0 spiro atoms. The summed E-state index contributed by atoms with van der Waals surface area (Å²) in [5, 5.41) is 5.75. The number of halogens is 2. The Morgan fingerprint density at radius 2 is 1.58 bits per heavy atom. The minimum atomic E-state index is -0.683. The number of carbonyl (C=O) groups is 3. The number of fused-ring (bicyclic) bond motifs is 1. The number of carbonyl (C=O) groups excluding carboxylic acids is 3. The van der Waals surface area contributed by atoms with Crippen molar-refractivity contribution in [2.24, 2.45) is 5.10 Å². The third kappa shape index (κ3) is 6.38. The Balaban J connectivity index is 1.38. The summed E-state index contributed by atoms with van der Waals surface area (Å²) in [5.74, 6) is -1.18.